The lowest BCUT2D eigenvalue weighted by molar-refractivity contribution is -0.136. The summed E-state index contributed by atoms with van der Waals surface area (Å²) in [4.78, 5) is 24.5. The summed E-state index contributed by atoms with van der Waals surface area (Å²) in [7, 11) is 4.37. The third-order valence-corrected chi connectivity index (χ3v) is 5.52. The number of nitrogens with zero attached hydrogens (tertiary/aromatic N) is 1. The summed E-state index contributed by atoms with van der Waals surface area (Å²) >= 11 is 0. The number of methoxy groups -OCH3 is 3. The van der Waals surface area contributed by atoms with E-state index in [1.165, 1.54) is 13.3 Å². The second kappa shape index (κ2) is 13.2. The first-order valence-electron chi connectivity index (χ1n) is 11.8. The van der Waals surface area contributed by atoms with Gasteiger partial charge in [0.05, 0.1) is 45.8 Å². The predicted octanol–water partition coefficient (Wildman–Crippen LogP) is 2.22. The highest BCUT2D eigenvalue weighted by atomic mass is 16.5. The topological polar surface area (TPSA) is 149 Å². The second-order valence-electron chi connectivity index (χ2n) is 8.03. The fourth-order valence-electron chi connectivity index (χ4n) is 3.75. The zero-order valence-electron chi connectivity index (χ0n) is 21.9. The highest BCUT2D eigenvalue weighted by Gasteiger charge is 2.32. The Labute approximate surface area is 220 Å². The van der Waals surface area contributed by atoms with Gasteiger partial charge < -0.3 is 39.4 Å². The van der Waals surface area contributed by atoms with E-state index in [4.69, 9.17) is 23.7 Å². The van der Waals surface area contributed by atoms with Gasteiger partial charge in [0.1, 0.15) is 6.61 Å². The number of amides is 2. The number of ether oxygens (including phenoxy) is 5. The van der Waals surface area contributed by atoms with Crippen LogP contribution < -0.4 is 35.0 Å². The van der Waals surface area contributed by atoms with Gasteiger partial charge in [-0.05, 0) is 55.3 Å². The first kappa shape index (κ1) is 28.1. The predicted molar refractivity (Wildman–Crippen MR) is 139 cm³/mol. The van der Waals surface area contributed by atoms with E-state index >= 15 is 0 Å². The minimum Gasteiger partial charge on any atom is -0.493 e. The Bertz CT molecular complexity index is 1210. The molecule has 0 radical (unpaired) electrons. The fraction of sp³-hybridized carbons (Fsp3) is 0.346. The summed E-state index contributed by atoms with van der Waals surface area (Å²) in [5.74, 6) is 1.32. The maximum absolute atomic E-state index is 12.4. The molecule has 2 atom stereocenters. The molecule has 38 heavy (non-hydrogen) atoms. The van der Waals surface area contributed by atoms with Gasteiger partial charge in [-0.3, -0.25) is 5.43 Å². The van der Waals surface area contributed by atoms with Gasteiger partial charge in [-0.15, -0.1) is 0 Å². The average molecular weight is 529 g/mol. The molecule has 0 spiro atoms. The van der Waals surface area contributed by atoms with E-state index in [0.29, 0.717) is 40.9 Å². The first-order valence-corrected chi connectivity index (χ1v) is 11.8. The van der Waals surface area contributed by atoms with Crippen molar-refractivity contribution in [2.75, 3.05) is 34.5 Å². The van der Waals surface area contributed by atoms with Crippen molar-refractivity contribution in [3.63, 3.8) is 0 Å². The molecular formula is C26H32N4O8. The van der Waals surface area contributed by atoms with E-state index in [1.807, 2.05) is 6.92 Å². The zero-order chi connectivity index (χ0) is 27.7. The highest BCUT2D eigenvalue weighted by molar-refractivity contribution is 5.95. The molecule has 0 bridgehead atoms. The van der Waals surface area contributed by atoms with Crippen molar-refractivity contribution in [2.45, 2.75) is 26.1 Å². The normalized spacial score (nSPS) is 15.8. The van der Waals surface area contributed by atoms with Crippen LogP contribution in [-0.2, 0) is 9.53 Å². The van der Waals surface area contributed by atoms with Crippen LogP contribution >= 0.6 is 0 Å². The van der Waals surface area contributed by atoms with Crippen molar-refractivity contribution < 1.29 is 38.4 Å². The van der Waals surface area contributed by atoms with Crippen molar-refractivity contribution in [1.82, 2.24) is 16.1 Å². The van der Waals surface area contributed by atoms with E-state index in [9.17, 15) is 14.7 Å². The van der Waals surface area contributed by atoms with E-state index in [0.717, 1.165) is 5.56 Å². The lowest BCUT2D eigenvalue weighted by Gasteiger charge is -2.28. The molecule has 204 valence electrons. The molecule has 4 N–H and O–H groups in total. The van der Waals surface area contributed by atoms with Crippen LogP contribution in [0.4, 0.5) is 4.79 Å². The van der Waals surface area contributed by atoms with Gasteiger partial charge in [0, 0.05) is 5.70 Å². The Morgan fingerprint density at radius 3 is 2.50 bits per heavy atom. The van der Waals surface area contributed by atoms with Crippen molar-refractivity contribution in [2.24, 2.45) is 5.10 Å². The molecule has 3 rings (SSSR count). The van der Waals surface area contributed by atoms with Gasteiger partial charge in [-0.25, -0.2) is 9.59 Å². The second-order valence-corrected chi connectivity index (χ2v) is 8.03. The summed E-state index contributed by atoms with van der Waals surface area (Å²) in [6.07, 6.45) is 0.397. The molecule has 1 heterocycles. The molecule has 1 aliphatic heterocycles. The molecule has 0 fully saturated rings. The van der Waals surface area contributed by atoms with E-state index < -0.39 is 24.3 Å². The lowest BCUT2D eigenvalue weighted by atomic mass is 9.95. The van der Waals surface area contributed by atoms with Gasteiger partial charge in [-0.1, -0.05) is 6.07 Å². The Morgan fingerprint density at radius 2 is 1.82 bits per heavy atom. The fourth-order valence-corrected chi connectivity index (χ4v) is 3.75. The number of allylic oxidation sites excluding steroid dienone is 1. The maximum Gasteiger partial charge on any atom is 0.337 e. The van der Waals surface area contributed by atoms with Crippen LogP contribution in [0.3, 0.4) is 0 Å². The molecule has 12 nitrogen and oxygen atoms in total. The number of rotatable bonds is 12. The third kappa shape index (κ3) is 6.85. The van der Waals surface area contributed by atoms with Crippen molar-refractivity contribution in [3.05, 3.63) is 58.8 Å². The largest absolute Gasteiger partial charge is 0.493 e. The van der Waals surface area contributed by atoms with Crippen LogP contribution in [-0.4, -0.2) is 64.1 Å². The number of hydrogen-bond acceptors (Lipinski definition) is 10. The molecule has 2 aromatic carbocycles. The minimum atomic E-state index is -1.12. The SMILES string of the molecule is CCOc1cc([C@@H]2NC(=O)NC(C)=C2C(=O)OC)ccc1OC[C@H](O)N/N=C\c1ccc(OC)c(OC)c1. The summed E-state index contributed by atoms with van der Waals surface area (Å²) in [5.41, 5.74) is 4.59. The summed E-state index contributed by atoms with van der Waals surface area (Å²) in [5, 5.41) is 19.6. The van der Waals surface area contributed by atoms with Crippen molar-refractivity contribution >= 4 is 18.2 Å². The molecule has 0 unspecified atom stereocenters. The number of urea groups is 1. The summed E-state index contributed by atoms with van der Waals surface area (Å²) < 4.78 is 26.8. The van der Waals surface area contributed by atoms with Crippen LogP contribution in [0.1, 0.15) is 31.0 Å². The van der Waals surface area contributed by atoms with Crippen molar-refractivity contribution in [1.29, 1.82) is 0 Å². The van der Waals surface area contributed by atoms with Crippen LogP contribution in [0.2, 0.25) is 0 Å². The molecule has 2 amide bonds. The van der Waals surface area contributed by atoms with E-state index in [-0.39, 0.29) is 12.2 Å². The number of aliphatic hydroxyl groups excluding tert-OH is 1. The smallest absolute Gasteiger partial charge is 0.337 e. The highest BCUT2D eigenvalue weighted by Crippen LogP contribution is 2.35. The van der Waals surface area contributed by atoms with Crippen LogP contribution in [0.15, 0.2) is 52.8 Å². The van der Waals surface area contributed by atoms with Gasteiger partial charge in [0.25, 0.3) is 0 Å². The number of hydrazone groups is 1. The van der Waals surface area contributed by atoms with E-state index in [1.54, 1.807) is 57.5 Å². The van der Waals surface area contributed by atoms with Gasteiger partial charge in [0.2, 0.25) is 0 Å². The number of aliphatic hydroxyl groups is 1. The number of carbonyl (C=O) groups is 2. The van der Waals surface area contributed by atoms with Crippen molar-refractivity contribution in [3.8, 4) is 23.0 Å². The molecule has 2 aromatic rings. The van der Waals surface area contributed by atoms with Gasteiger partial charge in [0.15, 0.2) is 29.2 Å². The number of esters is 1. The van der Waals surface area contributed by atoms with E-state index in [2.05, 4.69) is 21.2 Å². The maximum atomic E-state index is 12.4. The van der Waals surface area contributed by atoms with Crippen LogP contribution in [0.25, 0.3) is 0 Å². The Morgan fingerprint density at radius 1 is 1.08 bits per heavy atom. The molecule has 1 aliphatic rings. The third-order valence-electron chi connectivity index (χ3n) is 5.52. The minimum absolute atomic E-state index is 0.140. The number of benzene rings is 2. The summed E-state index contributed by atoms with van der Waals surface area (Å²) in [6, 6.07) is 9.09. The van der Waals surface area contributed by atoms with Crippen LogP contribution in [0.5, 0.6) is 23.0 Å². The molecule has 0 saturated heterocycles. The Hall–Kier alpha value is -4.45. The molecule has 0 saturated carbocycles. The number of hydrogen-bond donors (Lipinski definition) is 4. The van der Waals surface area contributed by atoms with Gasteiger partial charge in [-0.2, -0.15) is 5.10 Å². The Kier molecular flexibility index (Phi) is 9.77. The molecule has 0 aliphatic carbocycles. The van der Waals surface area contributed by atoms with Gasteiger partial charge >= 0.3 is 12.0 Å². The van der Waals surface area contributed by atoms with Crippen LogP contribution in [0, 0.1) is 0 Å². The molecule has 0 aromatic heterocycles. The quantitative estimate of drug-likeness (QED) is 0.141. The number of carbonyl (C=O) groups excluding carboxylic acids is 2. The Balaban J connectivity index is 1.69. The summed E-state index contributed by atoms with van der Waals surface area (Å²) in [6.45, 7) is 3.64. The number of nitrogens with one attached hydrogen (secondary N) is 3. The molecule has 12 heteroatoms. The lowest BCUT2D eigenvalue weighted by Crippen LogP contribution is -2.45. The average Bonchev–Trinajstić information content (AvgIpc) is 2.91. The zero-order valence-corrected chi connectivity index (χ0v) is 21.9. The molecular weight excluding hydrogens is 496 g/mol. The monoisotopic (exact) mass is 528 g/mol. The first-order chi connectivity index (χ1) is 18.3. The standard InChI is InChI=1S/C26H32N4O8/c1-6-37-21-12-17(24-23(25(32)36-5)15(2)28-26(33)29-24)8-10-19(21)38-14-22(31)30-27-13-16-7-9-18(34-3)20(11-16)35-4/h7-13,22,24,30-31H,6,14H2,1-5H3,(H2,28,29,33)/b27-13-/t22-,24-/m0/s1.